The second kappa shape index (κ2) is 8.32. The second-order valence-corrected chi connectivity index (χ2v) is 11.4. The molecule has 3 aromatic carbocycles. The molecule has 0 spiro atoms. The molecule has 9 heteroatoms. The summed E-state index contributed by atoms with van der Waals surface area (Å²) in [6.45, 7) is 0. The zero-order chi connectivity index (χ0) is 24.2. The van der Waals surface area contributed by atoms with E-state index in [0.717, 1.165) is 46.4 Å². The number of halogens is 1. The topological polar surface area (TPSA) is 80.5 Å². The molecule has 0 atom stereocenters. The first kappa shape index (κ1) is 22.0. The standard InChI is InChI=1S/C26H22ClN5O2S/c1-31(25-23-12-9-20(27)14-24(23)32-16-28-30-26(32)29-25)21-4-2-3-19(13-21)18-7-10-22(11-8-18)35(33,34)15-17-5-6-17/h2-4,7-14,16-17H,5-6,15H2,1H3. The molecule has 0 radical (unpaired) electrons. The maximum atomic E-state index is 12.6. The SMILES string of the molecule is CN(c1cccc(-c2ccc(S(=O)(=O)CC3CC3)cc2)c1)c1nc2nncn2c2cc(Cl)ccc12. The van der Waals surface area contributed by atoms with Crippen LogP contribution in [0, 0.1) is 5.92 Å². The van der Waals surface area contributed by atoms with Crippen LogP contribution in [0.3, 0.4) is 0 Å². The minimum Gasteiger partial charge on any atom is -0.329 e. The first-order valence-electron chi connectivity index (χ1n) is 11.3. The maximum Gasteiger partial charge on any atom is 0.257 e. The van der Waals surface area contributed by atoms with Gasteiger partial charge in [0.15, 0.2) is 9.84 Å². The van der Waals surface area contributed by atoms with Crippen LogP contribution in [-0.4, -0.2) is 40.8 Å². The largest absolute Gasteiger partial charge is 0.329 e. The van der Waals surface area contributed by atoms with Gasteiger partial charge in [0.05, 0.1) is 16.2 Å². The number of hydrogen-bond acceptors (Lipinski definition) is 6. The molecule has 7 nitrogen and oxygen atoms in total. The van der Waals surface area contributed by atoms with Gasteiger partial charge in [-0.1, -0.05) is 35.9 Å². The van der Waals surface area contributed by atoms with Crippen LogP contribution < -0.4 is 4.90 Å². The lowest BCUT2D eigenvalue weighted by Crippen LogP contribution is -2.13. The van der Waals surface area contributed by atoms with E-state index in [-0.39, 0.29) is 5.75 Å². The van der Waals surface area contributed by atoms with Gasteiger partial charge in [0.2, 0.25) is 0 Å². The summed E-state index contributed by atoms with van der Waals surface area (Å²) in [7, 11) is -1.28. The predicted octanol–water partition coefficient (Wildman–Crippen LogP) is 5.55. The second-order valence-electron chi connectivity index (χ2n) is 8.96. The van der Waals surface area contributed by atoms with Crippen LogP contribution in [0.4, 0.5) is 11.5 Å². The van der Waals surface area contributed by atoms with Crippen molar-refractivity contribution in [1.82, 2.24) is 19.6 Å². The van der Waals surface area contributed by atoms with Gasteiger partial charge in [0.25, 0.3) is 5.78 Å². The van der Waals surface area contributed by atoms with Crippen LogP contribution >= 0.6 is 11.6 Å². The number of anilines is 2. The van der Waals surface area contributed by atoms with E-state index in [1.54, 1.807) is 18.5 Å². The molecule has 1 saturated carbocycles. The third-order valence-electron chi connectivity index (χ3n) is 6.45. The third kappa shape index (κ3) is 4.13. The lowest BCUT2D eigenvalue weighted by atomic mass is 10.0. The van der Waals surface area contributed by atoms with Crippen LogP contribution in [0.15, 0.2) is 78.0 Å². The molecule has 0 N–H and O–H groups in total. The summed E-state index contributed by atoms with van der Waals surface area (Å²) >= 11 is 6.26. The summed E-state index contributed by atoms with van der Waals surface area (Å²) in [5, 5.41) is 9.67. The molecule has 0 bridgehead atoms. The van der Waals surface area contributed by atoms with Crippen molar-refractivity contribution in [3.63, 3.8) is 0 Å². The van der Waals surface area contributed by atoms with Gasteiger partial charge < -0.3 is 4.90 Å². The summed E-state index contributed by atoms with van der Waals surface area (Å²) in [6, 6.07) is 20.9. The summed E-state index contributed by atoms with van der Waals surface area (Å²) in [4.78, 5) is 7.13. The lowest BCUT2D eigenvalue weighted by molar-refractivity contribution is 0.592. The van der Waals surface area contributed by atoms with Crippen molar-refractivity contribution in [1.29, 1.82) is 0 Å². The Bertz CT molecular complexity index is 1680. The van der Waals surface area contributed by atoms with Crippen LogP contribution in [0.5, 0.6) is 0 Å². The van der Waals surface area contributed by atoms with E-state index in [1.807, 2.05) is 64.9 Å². The van der Waals surface area contributed by atoms with E-state index in [2.05, 4.69) is 16.3 Å². The van der Waals surface area contributed by atoms with Gasteiger partial charge in [-0.3, -0.25) is 4.40 Å². The van der Waals surface area contributed by atoms with Gasteiger partial charge in [0, 0.05) is 23.1 Å². The first-order valence-corrected chi connectivity index (χ1v) is 13.4. The zero-order valence-corrected chi connectivity index (χ0v) is 20.5. The fraction of sp³-hybridized carbons (Fsp3) is 0.192. The van der Waals surface area contributed by atoms with Crippen molar-refractivity contribution in [2.75, 3.05) is 17.7 Å². The van der Waals surface area contributed by atoms with Crippen LogP contribution in [0.2, 0.25) is 5.02 Å². The van der Waals surface area contributed by atoms with E-state index in [9.17, 15) is 8.42 Å². The molecule has 1 aliphatic carbocycles. The smallest absolute Gasteiger partial charge is 0.257 e. The van der Waals surface area contributed by atoms with Crippen molar-refractivity contribution < 1.29 is 8.42 Å². The predicted molar refractivity (Wildman–Crippen MR) is 138 cm³/mol. The fourth-order valence-corrected chi connectivity index (χ4v) is 6.20. The summed E-state index contributed by atoms with van der Waals surface area (Å²) in [6.07, 6.45) is 3.65. The minimum absolute atomic E-state index is 0.245. The molecule has 1 fully saturated rings. The van der Waals surface area contributed by atoms with Gasteiger partial charge in [0.1, 0.15) is 12.1 Å². The number of rotatable bonds is 6. The Kier molecular flexibility index (Phi) is 5.23. The molecule has 35 heavy (non-hydrogen) atoms. The molecule has 6 rings (SSSR count). The zero-order valence-electron chi connectivity index (χ0n) is 19.0. The van der Waals surface area contributed by atoms with E-state index >= 15 is 0 Å². The number of nitrogens with zero attached hydrogens (tertiary/aromatic N) is 5. The van der Waals surface area contributed by atoms with Crippen molar-refractivity contribution in [2.45, 2.75) is 17.7 Å². The fourth-order valence-electron chi connectivity index (χ4n) is 4.34. The van der Waals surface area contributed by atoms with Gasteiger partial charge in [-0.25, -0.2) is 8.42 Å². The highest BCUT2D eigenvalue weighted by Gasteiger charge is 2.29. The van der Waals surface area contributed by atoms with E-state index < -0.39 is 9.84 Å². The molecule has 176 valence electrons. The van der Waals surface area contributed by atoms with Gasteiger partial charge in [-0.15, -0.1) is 10.2 Å². The Balaban J connectivity index is 1.36. The molecule has 0 unspecified atom stereocenters. The molecule has 1 aliphatic rings. The van der Waals surface area contributed by atoms with Crippen LogP contribution in [0.1, 0.15) is 12.8 Å². The molecule has 2 heterocycles. The summed E-state index contributed by atoms with van der Waals surface area (Å²) in [5.41, 5.74) is 3.73. The molecular formula is C26H22ClN5O2S. The normalized spacial score (nSPS) is 14.0. The lowest BCUT2D eigenvalue weighted by Gasteiger charge is -2.21. The molecule has 2 aromatic heterocycles. The van der Waals surface area contributed by atoms with Gasteiger partial charge >= 0.3 is 0 Å². The summed E-state index contributed by atoms with van der Waals surface area (Å²) in [5.74, 6) is 1.79. The number of fused-ring (bicyclic) bond motifs is 3. The number of aromatic nitrogens is 4. The molecule has 0 aliphatic heterocycles. The highest BCUT2D eigenvalue weighted by molar-refractivity contribution is 7.91. The Morgan fingerprint density at radius 3 is 2.60 bits per heavy atom. The number of benzene rings is 3. The summed E-state index contributed by atoms with van der Waals surface area (Å²) < 4.78 is 27.0. The van der Waals surface area contributed by atoms with E-state index in [0.29, 0.717) is 21.6 Å². The first-order chi connectivity index (χ1) is 16.9. The molecule has 5 aromatic rings. The quantitative estimate of drug-likeness (QED) is 0.302. The Hall–Kier alpha value is -3.49. The monoisotopic (exact) mass is 503 g/mol. The van der Waals surface area contributed by atoms with E-state index in [4.69, 9.17) is 16.6 Å². The average molecular weight is 504 g/mol. The van der Waals surface area contributed by atoms with Crippen molar-refractivity contribution in [3.8, 4) is 11.1 Å². The average Bonchev–Trinajstić information content (AvgIpc) is 3.54. The number of sulfone groups is 1. The molecule has 0 saturated heterocycles. The Morgan fingerprint density at radius 1 is 1.03 bits per heavy atom. The van der Waals surface area contributed by atoms with Crippen LogP contribution in [0.25, 0.3) is 27.8 Å². The minimum atomic E-state index is -3.23. The molecule has 0 amide bonds. The van der Waals surface area contributed by atoms with Gasteiger partial charge in [-0.05, 0) is 72.4 Å². The van der Waals surface area contributed by atoms with Crippen molar-refractivity contribution in [2.24, 2.45) is 5.92 Å². The van der Waals surface area contributed by atoms with E-state index in [1.165, 1.54) is 0 Å². The third-order valence-corrected chi connectivity index (χ3v) is 8.58. The Morgan fingerprint density at radius 2 is 1.83 bits per heavy atom. The highest BCUT2D eigenvalue weighted by atomic mass is 35.5. The Labute approximate surface area is 207 Å². The maximum absolute atomic E-state index is 12.6. The van der Waals surface area contributed by atoms with Crippen molar-refractivity contribution in [3.05, 3.63) is 78.1 Å². The van der Waals surface area contributed by atoms with Crippen molar-refractivity contribution >= 4 is 49.6 Å². The molecular weight excluding hydrogens is 482 g/mol. The van der Waals surface area contributed by atoms with Crippen LogP contribution in [-0.2, 0) is 9.84 Å². The van der Waals surface area contributed by atoms with Gasteiger partial charge in [-0.2, -0.15) is 4.98 Å². The highest BCUT2D eigenvalue weighted by Crippen LogP contribution is 2.35. The number of hydrogen-bond donors (Lipinski definition) is 0.